The third kappa shape index (κ3) is 4.96. The lowest BCUT2D eigenvalue weighted by atomic mass is 10.1. The van der Waals surface area contributed by atoms with Gasteiger partial charge in [-0.2, -0.15) is 0 Å². The van der Waals surface area contributed by atoms with E-state index in [1.54, 1.807) is 29.9 Å². The summed E-state index contributed by atoms with van der Waals surface area (Å²) in [4.78, 5) is 23.4. The largest absolute Gasteiger partial charge is 0.385 e. The highest BCUT2D eigenvalue weighted by Crippen LogP contribution is 2.11. The van der Waals surface area contributed by atoms with Crippen molar-refractivity contribution in [2.45, 2.75) is 12.5 Å². The molecule has 1 aromatic heterocycles. The number of amides is 2. The fourth-order valence-corrected chi connectivity index (χ4v) is 2.24. The number of benzene rings is 1. The maximum atomic E-state index is 11.7. The summed E-state index contributed by atoms with van der Waals surface area (Å²) in [6, 6.07) is 13.3. The van der Waals surface area contributed by atoms with E-state index in [2.05, 4.69) is 10.6 Å². The monoisotopic (exact) mass is 315 g/mol. The highest BCUT2D eigenvalue weighted by molar-refractivity contribution is 6.35. The van der Waals surface area contributed by atoms with E-state index in [-0.39, 0.29) is 6.54 Å². The van der Waals surface area contributed by atoms with Crippen molar-refractivity contribution in [3.63, 3.8) is 0 Å². The van der Waals surface area contributed by atoms with Crippen molar-refractivity contribution >= 4 is 11.8 Å². The molecule has 0 bridgehead atoms. The van der Waals surface area contributed by atoms with Gasteiger partial charge in [-0.1, -0.05) is 30.3 Å². The Morgan fingerprint density at radius 3 is 2.43 bits per heavy atom. The quantitative estimate of drug-likeness (QED) is 0.680. The van der Waals surface area contributed by atoms with Crippen LogP contribution in [-0.2, 0) is 23.1 Å². The SMILES string of the molecule is Cn1cccc1[C@@H](O)CNC(=O)C(=O)NCCc1ccccc1. The highest BCUT2D eigenvalue weighted by atomic mass is 16.3. The molecule has 3 N–H and O–H groups in total. The Kier molecular flexibility index (Phi) is 5.94. The van der Waals surface area contributed by atoms with Crippen molar-refractivity contribution < 1.29 is 14.7 Å². The van der Waals surface area contributed by atoms with E-state index in [0.717, 1.165) is 5.56 Å². The van der Waals surface area contributed by atoms with Crippen LogP contribution in [0.2, 0.25) is 0 Å². The van der Waals surface area contributed by atoms with Gasteiger partial charge in [0.1, 0.15) is 6.10 Å². The van der Waals surface area contributed by atoms with Crippen LogP contribution < -0.4 is 10.6 Å². The van der Waals surface area contributed by atoms with Gasteiger partial charge in [0, 0.05) is 32.0 Å². The lowest BCUT2D eigenvalue weighted by Crippen LogP contribution is -2.42. The number of hydrogen-bond acceptors (Lipinski definition) is 3. The van der Waals surface area contributed by atoms with Crippen molar-refractivity contribution in [2.24, 2.45) is 7.05 Å². The molecule has 0 unspecified atom stereocenters. The van der Waals surface area contributed by atoms with Gasteiger partial charge in [0.2, 0.25) is 0 Å². The molecule has 122 valence electrons. The number of rotatable bonds is 6. The first kappa shape index (κ1) is 16.8. The first-order valence-electron chi connectivity index (χ1n) is 7.47. The topological polar surface area (TPSA) is 83.4 Å². The minimum Gasteiger partial charge on any atom is -0.385 e. The van der Waals surface area contributed by atoms with E-state index in [1.165, 1.54) is 0 Å². The van der Waals surface area contributed by atoms with Crippen LogP contribution in [0.3, 0.4) is 0 Å². The van der Waals surface area contributed by atoms with E-state index < -0.39 is 17.9 Å². The van der Waals surface area contributed by atoms with Crippen LogP contribution in [-0.4, -0.2) is 34.6 Å². The standard InChI is InChI=1S/C17H21N3O3/c1-20-11-5-8-14(20)15(21)12-19-17(23)16(22)18-10-9-13-6-3-2-4-7-13/h2-8,11,15,21H,9-10,12H2,1H3,(H,18,22)(H,19,23)/t15-/m0/s1. The van der Waals surface area contributed by atoms with Crippen molar-refractivity contribution in [1.82, 2.24) is 15.2 Å². The van der Waals surface area contributed by atoms with Crippen LogP contribution in [0.1, 0.15) is 17.4 Å². The number of hydrogen-bond donors (Lipinski definition) is 3. The zero-order valence-electron chi connectivity index (χ0n) is 13.0. The summed E-state index contributed by atoms with van der Waals surface area (Å²) in [7, 11) is 1.80. The molecule has 0 saturated heterocycles. The molecule has 0 spiro atoms. The molecule has 2 amide bonds. The van der Waals surface area contributed by atoms with Crippen LogP contribution in [0.25, 0.3) is 0 Å². The molecule has 0 saturated carbocycles. The first-order chi connectivity index (χ1) is 11.1. The van der Waals surface area contributed by atoms with Crippen molar-refractivity contribution in [2.75, 3.05) is 13.1 Å². The molecule has 0 aliphatic carbocycles. The van der Waals surface area contributed by atoms with Crippen LogP contribution in [0.5, 0.6) is 0 Å². The Labute approximate surface area is 135 Å². The fraction of sp³-hybridized carbons (Fsp3) is 0.294. The number of aliphatic hydroxyl groups excluding tert-OH is 1. The second kappa shape index (κ2) is 8.14. The van der Waals surface area contributed by atoms with Crippen molar-refractivity contribution in [3.8, 4) is 0 Å². The molecule has 23 heavy (non-hydrogen) atoms. The molecule has 6 nitrogen and oxygen atoms in total. The van der Waals surface area contributed by atoms with Gasteiger partial charge in [-0.3, -0.25) is 9.59 Å². The number of carbonyl (C=O) groups is 2. The van der Waals surface area contributed by atoms with Crippen LogP contribution >= 0.6 is 0 Å². The molecule has 1 heterocycles. The number of nitrogens with one attached hydrogen (secondary N) is 2. The predicted molar refractivity (Wildman–Crippen MR) is 86.5 cm³/mol. The smallest absolute Gasteiger partial charge is 0.309 e. The zero-order chi connectivity index (χ0) is 16.7. The van der Waals surface area contributed by atoms with Crippen LogP contribution in [0, 0.1) is 0 Å². The van der Waals surface area contributed by atoms with E-state index in [4.69, 9.17) is 0 Å². The molecule has 2 aromatic rings. The van der Waals surface area contributed by atoms with Gasteiger partial charge in [-0.05, 0) is 24.1 Å². The van der Waals surface area contributed by atoms with E-state index in [1.807, 2.05) is 30.3 Å². The lowest BCUT2D eigenvalue weighted by Gasteiger charge is -2.13. The number of aryl methyl sites for hydroxylation is 1. The molecule has 0 aliphatic rings. The Hall–Kier alpha value is -2.60. The van der Waals surface area contributed by atoms with Gasteiger partial charge >= 0.3 is 11.8 Å². The Morgan fingerprint density at radius 2 is 1.78 bits per heavy atom. The molecular weight excluding hydrogens is 294 g/mol. The Balaban J connectivity index is 1.70. The molecule has 6 heteroatoms. The van der Waals surface area contributed by atoms with E-state index in [0.29, 0.717) is 18.7 Å². The highest BCUT2D eigenvalue weighted by Gasteiger charge is 2.16. The number of carbonyl (C=O) groups excluding carboxylic acids is 2. The van der Waals surface area contributed by atoms with E-state index >= 15 is 0 Å². The summed E-state index contributed by atoms with van der Waals surface area (Å²) in [5.41, 5.74) is 1.77. The number of nitrogens with zero attached hydrogens (tertiary/aromatic N) is 1. The maximum absolute atomic E-state index is 11.7. The molecule has 0 fully saturated rings. The minimum absolute atomic E-state index is 0.0111. The summed E-state index contributed by atoms with van der Waals surface area (Å²) in [5, 5.41) is 15.0. The van der Waals surface area contributed by atoms with Crippen LogP contribution in [0.15, 0.2) is 48.7 Å². The molecular formula is C17H21N3O3. The summed E-state index contributed by atoms with van der Waals surface area (Å²) < 4.78 is 1.76. The average molecular weight is 315 g/mol. The van der Waals surface area contributed by atoms with Gasteiger partial charge in [-0.25, -0.2) is 0 Å². The molecule has 0 radical (unpaired) electrons. The fourth-order valence-electron chi connectivity index (χ4n) is 2.24. The minimum atomic E-state index is -0.851. The third-order valence-corrected chi connectivity index (χ3v) is 3.53. The van der Waals surface area contributed by atoms with E-state index in [9.17, 15) is 14.7 Å². The summed E-state index contributed by atoms with van der Waals surface area (Å²) in [6.45, 7) is 0.374. The molecule has 1 aromatic carbocycles. The van der Waals surface area contributed by atoms with Gasteiger partial charge in [0.15, 0.2) is 0 Å². The Bertz CT molecular complexity index is 652. The molecule has 1 atom stereocenters. The molecule has 0 aliphatic heterocycles. The van der Waals surface area contributed by atoms with Gasteiger partial charge in [-0.15, -0.1) is 0 Å². The Morgan fingerprint density at radius 1 is 1.09 bits per heavy atom. The van der Waals surface area contributed by atoms with Crippen LogP contribution in [0.4, 0.5) is 0 Å². The van der Waals surface area contributed by atoms with Crippen molar-refractivity contribution in [3.05, 3.63) is 59.9 Å². The van der Waals surface area contributed by atoms with Gasteiger partial charge in [0.05, 0.1) is 0 Å². The second-order valence-corrected chi connectivity index (χ2v) is 5.26. The second-order valence-electron chi connectivity index (χ2n) is 5.26. The van der Waals surface area contributed by atoms with Gasteiger partial charge in [0.25, 0.3) is 0 Å². The maximum Gasteiger partial charge on any atom is 0.309 e. The molecule has 2 rings (SSSR count). The first-order valence-corrected chi connectivity index (χ1v) is 7.47. The average Bonchev–Trinajstić information content (AvgIpc) is 2.99. The predicted octanol–water partition coefficient (Wildman–Crippen LogP) is 0.534. The number of aliphatic hydroxyl groups is 1. The lowest BCUT2D eigenvalue weighted by molar-refractivity contribution is -0.139. The summed E-state index contributed by atoms with van der Waals surface area (Å²) in [5.74, 6) is -1.44. The zero-order valence-corrected chi connectivity index (χ0v) is 13.0. The normalized spacial score (nSPS) is 11.7. The summed E-state index contributed by atoms with van der Waals surface area (Å²) >= 11 is 0. The summed E-state index contributed by atoms with van der Waals surface area (Å²) in [6.07, 6.45) is 1.61. The van der Waals surface area contributed by atoms with Crippen molar-refractivity contribution in [1.29, 1.82) is 0 Å². The number of aromatic nitrogens is 1. The third-order valence-electron chi connectivity index (χ3n) is 3.53. The van der Waals surface area contributed by atoms with Gasteiger partial charge < -0.3 is 20.3 Å².